The minimum absolute atomic E-state index is 0.0293. The second-order valence-corrected chi connectivity index (χ2v) is 6.17. The van der Waals surface area contributed by atoms with Crippen molar-refractivity contribution in [3.05, 3.63) is 65.9 Å². The lowest BCUT2D eigenvalue weighted by Crippen LogP contribution is -2.27. The Morgan fingerprint density at radius 3 is 2.88 bits per heavy atom. The topological polar surface area (TPSA) is 83.8 Å². The Morgan fingerprint density at radius 1 is 1.20 bits per heavy atom. The van der Waals surface area contributed by atoms with Gasteiger partial charge in [0.2, 0.25) is 11.1 Å². The third kappa shape index (κ3) is 5.65. The molecule has 0 atom stereocenters. The molecule has 1 aromatic carbocycles. The number of thioether (sulfide) groups is 1. The molecule has 128 valence electrons. The van der Waals surface area contributed by atoms with E-state index < -0.39 is 0 Å². The molecule has 3 rings (SSSR count). The molecule has 7 heteroatoms. The minimum atomic E-state index is -0.0293. The molecule has 0 fully saturated rings. The second kappa shape index (κ2) is 8.89. The average Bonchev–Trinajstić information content (AvgIpc) is 3.31. The molecule has 25 heavy (non-hydrogen) atoms. The Bertz CT molecular complexity index is 813. The van der Waals surface area contributed by atoms with E-state index in [9.17, 15) is 4.79 Å². The number of aromatic amines is 1. The van der Waals surface area contributed by atoms with Gasteiger partial charge in [0.25, 0.3) is 0 Å². The fourth-order valence-electron chi connectivity index (χ4n) is 2.12. The molecule has 0 saturated heterocycles. The molecule has 0 saturated carbocycles. The quantitative estimate of drug-likeness (QED) is 0.608. The maximum absolute atomic E-state index is 11.9. The fourth-order valence-corrected chi connectivity index (χ4v) is 2.75. The number of rotatable bonds is 8. The van der Waals surface area contributed by atoms with Crippen LogP contribution in [0.4, 0.5) is 0 Å². The predicted molar refractivity (Wildman–Crippen MR) is 97.9 cm³/mol. The standard InChI is InChI=1S/C18H18N4O2S/c23-17(19-11-10-14-5-2-1-3-6-14)13-25-18-20-16(21-22-18)9-8-15-7-4-12-24-15/h1-9,12H,10-11,13H2,(H,19,23)(H,20,21,22). The maximum atomic E-state index is 11.9. The first kappa shape index (κ1) is 17.0. The molecule has 0 spiro atoms. The summed E-state index contributed by atoms with van der Waals surface area (Å²) in [6, 6.07) is 13.7. The minimum Gasteiger partial charge on any atom is -0.465 e. The first-order chi connectivity index (χ1) is 12.3. The number of H-pyrrole nitrogens is 1. The molecule has 0 aliphatic heterocycles. The number of furan rings is 1. The monoisotopic (exact) mass is 354 g/mol. The molecule has 3 aromatic rings. The number of hydrogen-bond donors (Lipinski definition) is 2. The van der Waals surface area contributed by atoms with Crippen LogP contribution in [0.1, 0.15) is 17.1 Å². The van der Waals surface area contributed by atoms with E-state index in [-0.39, 0.29) is 11.7 Å². The van der Waals surface area contributed by atoms with Crippen LogP contribution in [0.15, 0.2) is 58.3 Å². The molecule has 0 bridgehead atoms. The van der Waals surface area contributed by atoms with Gasteiger partial charge in [-0.1, -0.05) is 42.1 Å². The SMILES string of the molecule is O=C(CSc1n[nH]c(C=Cc2ccco2)n1)NCCc1ccccc1. The van der Waals surface area contributed by atoms with Gasteiger partial charge in [0.05, 0.1) is 12.0 Å². The van der Waals surface area contributed by atoms with Crippen LogP contribution in [0.3, 0.4) is 0 Å². The summed E-state index contributed by atoms with van der Waals surface area (Å²) in [5, 5.41) is 10.3. The molecular formula is C18H18N4O2S. The molecule has 2 aromatic heterocycles. The summed E-state index contributed by atoms with van der Waals surface area (Å²) in [6.45, 7) is 0.620. The number of amides is 1. The molecule has 0 unspecified atom stereocenters. The summed E-state index contributed by atoms with van der Waals surface area (Å²) < 4.78 is 5.20. The zero-order chi connectivity index (χ0) is 17.3. The summed E-state index contributed by atoms with van der Waals surface area (Å²) in [7, 11) is 0. The van der Waals surface area contributed by atoms with E-state index in [4.69, 9.17) is 4.42 Å². The number of nitrogens with zero attached hydrogens (tertiary/aromatic N) is 2. The molecule has 1 amide bonds. The third-order valence-electron chi connectivity index (χ3n) is 3.34. The van der Waals surface area contributed by atoms with Gasteiger partial charge in [0, 0.05) is 6.54 Å². The van der Waals surface area contributed by atoms with Gasteiger partial charge in [-0.2, -0.15) is 0 Å². The van der Waals surface area contributed by atoms with Crippen molar-refractivity contribution in [1.29, 1.82) is 0 Å². The molecule has 2 N–H and O–H groups in total. The van der Waals surface area contributed by atoms with Gasteiger partial charge in [0.15, 0.2) is 0 Å². The summed E-state index contributed by atoms with van der Waals surface area (Å²) >= 11 is 1.30. The van der Waals surface area contributed by atoms with Crippen LogP contribution in [-0.4, -0.2) is 33.4 Å². The molecule has 0 radical (unpaired) electrons. The van der Waals surface area contributed by atoms with Crippen LogP contribution in [0.5, 0.6) is 0 Å². The van der Waals surface area contributed by atoms with Crippen molar-refractivity contribution in [2.75, 3.05) is 12.3 Å². The van der Waals surface area contributed by atoms with E-state index >= 15 is 0 Å². The largest absolute Gasteiger partial charge is 0.465 e. The lowest BCUT2D eigenvalue weighted by molar-refractivity contribution is -0.118. The Balaban J connectivity index is 1.39. The van der Waals surface area contributed by atoms with E-state index in [2.05, 4.69) is 20.5 Å². The fraction of sp³-hybridized carbons (Fsp3) is 0.167. The maximum Gasteiger partial charge on any atom is 0.230 e. The highest BCUT2D eigenvalue weighted by atomic mass is 32.2. The Labute approximate surface area is 149 Å². The van der Waals surface area contributed by atoms with Crippen LogP contribution in [0.25, 0.3) is 12.2 Å². The predicted octanol–water partition coefficient (Wildman–Crippen LogP) is 3.02. The van der Waals surface area contributed by atoms with Gasteiger partial charge in [-0.25, -0.2) is 4.98 Å². The van der Waals surface area contributed by atoms with Crippen molar-refractivity contribution in [2.24, 2.45) is 0 Å². The van der Waals surface area contributed by atoms with E-state index in [0.717, 1.165) is 12.2 Å². The Kier molecular flexibility index (Phi) is 6.06. The lowest BCUT2D eigenvalue weighted by atomic mass is 10.1. The van der Waals surface area contributed by atoms with E-state index in [0.29, 0.717) is 17.5 Å². The zero-order valence-electron chi connectivity index (χ0n) is 13.5. The van der Waals surface area contributed by atoms with Crippen LogP contribution < -0.4 is 5.32 Å². The van der Waals surface area contributed by atoms with Crippen LogP contribution in [0.2, 0.25) is 0 Å². The molecule has 0 aliphatic rings. The van der Waals surface area contributed by atoms with Crippen molar-refractivity contribution in [3.63, 3.8) is 0 Å². The number of benzene rings is 1. The van der Waals surface area contributed by atoms with Crippen molar-refractivity contribution < 1.29 is 9.21 Å². The highest BCUT2D eigenvalue weighted by molar-refractivity contribution is 7.99. The first-order valence-corrected chi connectivity index (χ1v) is 8.85. The summed E-state index contributed by atoms with van der Waals surface area (Å²) in [5.74, 6) is 1.61. The van der Waals surface area contributed by atoms with Crippen molar-refractivity contribution in [1.82, 2.24) is 20.5 Å². The number of hydrogen-bond acceptors (Lipinski definition) is 5. The first-order valence-electron chi connectivity index (χ1n) is 7.87. The van der Waals surface area contributed by atoms with E-state index in [1.165, 1.54) is 17.3 Å². The zero-order valence-corrected chi connectivity index (χ0v) is 14.3. The molecular weight excluding hydrogens is 336 g/mol. The van der Waals surface area contributed by atoms with E-state index in [1.807, 2.05) is 42.5 Å². The van der Waals surface area contributed by atoms with Gasteiger partial charge in [-0.05, 0) is 36.3 Å². The van der Waals surface area contributed by atoms with Crippen LogP contribution in [0, 0.1) is 0 Å². The third-order valence-corrected chi connectivity index (χ3v) is 4.19. The van der Waals surface area contributed by atoms with E-state index in [1.54, 1.807) is 18.4 Å². The van der Waals surface area contributed by atoms with Gasteiger partial charge in [-0.15, -0.1) is 5.10 Å². The van der Waals surface area contributed by atoms with Gasteiger partial charge in [0.1, 0.15) is 11.6 Å². The summed E-state index contributed by atoms with van der Waals surface area (Å²) in [5.41, 5.74) is 1.21. The smallest absolute Gasteiger partial charge is 0.230 e. The molecule has 6 nitrogen and oxygen atoms in total. The average molecular weight is 354 g/mol. The highest BCUT2D eigenvalue weighted by Crippen LogP contribution is 2.13. The van der Waals surface area contributed by atoms with Gasteiger partial charge in [-0.3, -0.25) is 9.89 Å². The Morgan fingerprint density at radius 2 is 2.08 bits per heavy atom. The number of carbonyl (C=O) groups excluding carboxylic acids is 1. The van der Waals surface area contributed by atoms with Crippen LogP contribution in [-0.2, 0) is 11.2 Å². The van der Waals surface area contributed by atoms with Gasteiger partial charge < -0.3 is 9.73 Å². The number of nitrogens with one attached hydrogen (secondary N) is 2. The van der Waals surface area contributed by atoms with Crippen molar-refractivity contribution in [3.8, 4) is 0 Å². The Hall–Kier alpha value is -2.80. The van der Waals surface area contributed by atoms with Crippen molar-refractivity contribution in [2.45, 2.75) is 11.6 Å². The lowest BCUT2D eigenvalue weighted by Gasteiger charge is -2.04. The number of aromatic nitrogens is 3. The summed E-state index contributed by atoms with van der Waals surface area (Å²) in [6.07, 6.45) is 6.00. The molecule has 2 heterocycles. The van der Waals surface area contributed by atoms with Crippen LogP contribution >= 0.6 is 11.8 Å². The number of carbonyl (C=O) groups is 1. The normalized spacial score (nSPS) is 11.0. The highest BCUT2D eigenvalue weighted by Gasteiger charge is 2.06. The van der Waals surface area contributed by atoms with Gasteiger partial charge >= 0.3 is 0 Å². The second-order valence-electron chi connectivity index (χ2n) is 5.23. The van der Waals surface area contributed by atoms with Crippen molar-refractivity contribution >= 4 is 29.8 Å². The molecule has 0 aliphatic carbocycles. The summed E-state index contributed by atoms with van der Waals surface area (Å²) in [4.78, 5) is 16.2.